The summed E-state index contributed by atoms with van der Waals surface area (Å²) in [6.45, 7) is 8.34. The first-order chi connectivity index (χ1) is 5.14. The van der Waals surface area contributed by atoms with Crippen LogP contribution in [0.5, 0.6) is 0 Å². The van der Waals surface area contributed by atoms with Crippen LogP contribution in [0, 0.1) is 0 Å². The average molecular weight is 187 g/mol. The van der Waals surface area contributed by atoms with Crippen LogP contribution in [0.1, 0.15) is 26.7 Å². The summed E-state index contributed by atoms with van der Waals surface area (Å²) >= 11 is 6.67. The van der Waals surface area contributed by atoms with Gasteiger partial charge >= 0.3 is 0 Å². The summed E-state index contributed by atoms with van der Waals surface area (Å²) in [5, 5.41) is 3.31. The highest BCUT2D eigenvalue weighted by Gasteiger charge is 2.36. The van der Waals surface area contributed by atoms with Crippen molar-refractivity contribution in [3.63, 3.8) is 0 Å². The van der Waals surface area contributed by atoms with E-state index in [9.17, 15) is 0 Å². The highest BCUT2D eigenvalue weighted by Crippen LogP contribution is 2.38. The summed E-state index contributed by atoms with van der Waals surface area (Å²) in [6.07, 6.45) is 2.13. The summed E-state index contributed by atoms with van der Waals surface area (Å²) in [4.78, 5) is 1.17. The number of thioether (sulfide) groups is 1. The van der Waals surface area contributed by atoms with E-state index in [0.29, 0.717) is 0 Å². The highest BCUT2D eigenvalue weighted by molar-refractivity contribution is 8.26. The van der Waals surface area contributed by atoms with Crippen molar-refractivity contribution < 1.29 is 0 Å². The average Bonchev–Trinajstić information content (AvgIpc) is 2.27. The molecule has 3 heteroatoms. The van der Waals surface area contributed by atoms with Crippen LogP contribution in [-0.2, 0) is 0 Å². The summed E-state index contributed by atoms with van der Waals surface area (Å²) in [6, 6.07) is 0. The van der Waals surface area contributed by atoms with E-state index in [-0.39, 0.29) is 5.54 Å². The number of hydrogen-bond donors (Lipinski definition) is 1. The van der Waals surface area contributed by atoms with Crippen molar-refractivity contribution in [1.82, 2.24) is 5.32 Å². The fraction of sp³-hybridized carbons (Fsp3) is 0.625. The Kier molecular flexibility index (Phi) is 2.60. The van der Waals surface area contributed by atoms with E-state index < -0.39 is 0 Å². The van der Waals surface area contributed by atoms with Crippen molar-refractivity contribution in [3.05, 3.63) is 11.5 Å². The van der Waals surface area contributed by atoms with Gasteiger partial charge in [-0.2, -0.15) is 0 Å². The Morgan fingerprint density at radius 2 is 2.09 bits per heavy atom. The predicted octanol–water partition coefficient (Wildman–Crippen LogP) is 2.68. The van der Waals surface area contributed by atoms with Gasteiger partial charge < -0.3 is 5.32 Å². The fourth-order valence-corrected chi connectivity index (χ4v) is 2.82. The summed E-state index contributed by atoms with van der Waals surface area (Å²) in [5.41, 5.74) is 0.0851. The molecule has 0 radical (unpaired) electrons. The number of hydrogen-bond acceptors (Lipinski definition) is 2. The maximum absolute atomic E-state index is 5.07. The lowest BCUT2D eigenvalue weighted by Gasteiger charge is -2.26. The molecule has 0 bridgehead atoms. The minimum absolute atomic E-state index is 0.0851. The Balaban J connectivity index is 2.84. The number of rotatable bonds is 2. The Morgan fingerprint density at radius 1 is 1.55 bits per heavy atom. The quantitative estimate of drug-likeness (QED) is 0.668. The molecule has 1 aliphatic heterocycles. The molecule has 1 nitrogen and oxygen atoms in total. The molecule has 0 aromatic carbocycles. The molecule has 11 heavy (non-hydrogen) atoms. The van der Waals surface area contributed by atoms with Gasteiger partial charge in [0, 0.05) is 4.91 Å². The van der Waals surface area contributed by atoms with Gasteiger partial charge in [0.25, 0.3) is 0 Å². The van der Waals surface area contributed by atoms with Crippen LogP contribution < -0.4 is 5.32 Å². The third-order valence-corrected chi connectivity index (χ3v) is 3.57. The standard InChI is InChI=1S/C8H13NS2/c1-4-8(5-2)6(3)11-7(10)9-8/h3-5H2,1-2H3,(H,9,10). The maximum atomic E-state index is 5.07. The lowest BCUT2D eigenvalue weighted by atomic mass is 9.93. The Bertz CT molecular complexity index is 194. The van der Waals surface area contributed by atoms with Crippen LogP contribution in [0.2, 0.25) is 0 Å². The first-order valence-electron chi connectivity index (χ1n) is 3.84. The van der Waals surface area contributed by atoms with Crippen LogP contribution in [0.15, 0.2) is 11.5 Å². The maximum Gasteiger partial charge on any atom is 0.139 e. The van der Waals surface area contributed by atoms with E-state index in [1.54, 1.807) is 11.8 Å². The minimum Gasteiger partial charge on any atom is -0.361 e. The van der Waals surface area contributed by atoms with Crippen LogP contribution >= 0.6 is 24.0 Å². The van der Waals surface area contributed by atoms with Gasteiger partial charge in [0.15, 0.2) is 0 Å². The number of thiocarbonyl (C=S) groups is 1. The first-order valence-corrected chi connectivity index (χ1v) is 5.06. The summed E-state index contributed by atoms with van der Waals surface area (Å²) < 4.78 is 0.874. The van der Waals surface area contributed by atoms with Crippen LogP contribution in [-0.4, -0.2) is 9.86 Å². The monoisotopic (exact) mass is 187 g/mol. The van der Waals surface area contributed by atoms with Gasteiger partial charge in [0.1, 0.15) is 4.32 Å². The molecule has 1 N–H and O–H groups in total. The molecule has 1 heterocycles. The van der Waals surface area contributed by atoms with Gasteiger partial charge in [0.2, 0.25) is 0 Å². The molecule has 1 fully saturated rings. The third-order valence-electron chi connectivity index (χ3n) is 2.30. The van der Waals surface area contributed by atoms with Crippen molar-refractivity contribution >= 4 is 28.3 Å². The van der Waals surface area contributed by atoms with Gasteiger partial charge in [-0.05, 0) is 12.8 Å². The van der Waals surface area contributed by atoms with Gasteiger partial charge in [-0.25, -0.2) is 0 Å². The highest BCUT2D eigenvalue weighted by atomic mass is 32.2. The molecule has 0 unspecified atom stereocenters. The Hall–Kier alpha value is -0.0200. The molecule has 0 atom stereocenters. The SMILES string of the molecule is C=C1SC(=S)NC1(CC)CC. The topological polar surface area (TPSA) is 12.0 Å². The first kappa shape index (κ1) is 9.07. The Labute approximate surface area is 77.6 Å². The van der Waals surface area contributed by atoms with Gasteiger partial charge in [-0.15, -0.1) is 0 Å². The summed E-state index contributed by atoms with van der Waals surface area (Å²) in [7, 11) is 0. The van der Waals surface area contributed by atoms with Gasteiger partial charge in [0.05, 0.1) is 5.54 Å². The van der Waals surface area contributed by atoms with E-state index in [4.69, 9.17) is 12.2 Å². The van der Waals surface area contributed by atoms with Gasteiger partial charge in [-0.1, -0.05) is 44.4 Å². The van der Waals surface area contributed by atoms with Crippen molar-refractivity contribution in [2.75, 3.05) is 0 Å². The zero-order valence-corrected chi connectivity index (χ0v) is 8.57. The lowest BCUT2D eigenvalue weighted by molar-refractivity contribution is 0.446. The molecule has 1 saturated heterocycles. The second-order valence-corrected chi connectivity index (χ2v) is 4.50. The van der Waals surface area contributed by atoms with E-state index >= 15 is 0 Å². The zero-order valence-electron chi connectivity index (χ0n) is 6.94. The molecule has 0 amide bonds. The lowest BCUT2D eigenvalue weighted by Crippen LogP contribution is -2.40. The molecule has 1 rings (SSSR count). The fourth-order valence-electron chi connectivity index (χ4n) is 1.32. The second-order valence-electron chi connectivity index (χ2n) is 2.73. The molecular formula is C8H13NS2. The predicted molar refractivity (Wildman–Crippen MR) is 55.8 cm³/mol. The van der Waals surface area contributed by atoms with Crippen LogP contribution in [0.25, 0.3) is 0 Å². The van der Waals surface area contributed by atoms with Crippen molar-refractivity contribution in [3.8, 4) is 0 Å². The molecule has 0 aromatic heterocycles. The normalized spacial score (nSPS) is 22.0. The van der Waals surface area contributed by atoms with E-state index in [1.807, 2.05) is 0 Å². The van der Waals surface area contributed by atoms with Crippen molar-refractivity contribution in [2.45, 2.75) is 32.2 Å². The molecule has 0 aliphatic carbocycles. The van der Waals surface area contributed by atoms with Crippen molar-refractivity contribution in [1.29, 1.82) is 0 Å². The van der Waals surface area contributed by atoms with E-state index in [0.717, 1.165) is 17.2 Å². The molecule has 0 aromatic rings. The smallest absolute Gasteiger partial charge is 0.139 e. The van der Waals surface area contributed by atoms with Crippen LogP contribution in [0.3, 0.4) is 0 Å². The van der Waals surface area contributed by atoms with Crippen molar-refractivity contribution in [2.24, 2.45) is 0 Å². The second kappa shape index (κ2) is 3.15. The van der Waals surface area contributed by atoms with E-state index in [1.165, 1.54) is 4.91 Å². The minimum atomic E-state index is 0.0851. The summed E-state index contributed by atoms with van der Waals surface area (Å²) in [5.74, 6) is 0. The molecule has 0 saturated carbocycles. The zero-order chi connectivity index (χ0) is 8.48. The largest absolute Gasteiger partial charge is 0.361 e. The van der Waals surface area contributed by atoms with E-state index in [2.05, 4.69) is 25.7 Å². The van der Waals surface area contributed by atoms with Crippen LogP contribution in [0.4, 0.5) is 0 Å². The number of nitrogens with one attached hydrogen (secondary N) is 1. The molecule has 0 spiro atoms. The molecule has 1 aliphatic rings. The molecule has 62 valence electrons. The third kappa shape index (κ3) is 1.44. The molecular weight excluding hydrogens is 174 g/mol. The Morgan fingerprint density at radius 3 is 2.27 bits per heavy atom. The van der Waals surface area contributed by atoms with Gasteiger partial charge in [-0.3, -0.25) is 0 Å².